The van der Waals surface area contributed by atoms with Crippen LogP contribution in [0.5, 0.6) is 0 Å². The van der Waals surface area contributed by atoms with Crippen LogP contribution in [0.25, 0.3) is 11.1 Å². The van der Waals surface area contributed by atoms with E-state index in [0.717, 1.165) is 28.7 Å². The summed E-state index contributed by atoms with van der Waals surface area (Å²) in [7, 11) is 0. The molecule has 0 bridgehead atoms. The average molecular weight is 485 g/mol. The summed E-state index contributed by atoms with van der Waals surface area (Å²) in [6.45, 7) is 2.13. The van der Waals surface area contributed by atoms with Crippen molar-refractivity contribution in [1.29, 1.82) is 0 Å². The van der Waals surface area contributed by atoms with Gasteiger partial charge in [0.1, 0.15) is 18.7 Å². The minimum atomic E-state index is -1.09. The van der Waals surface area contributed by atoms with Gasteiger partial charge in [-0.15, -0.1) is 0 Å². The number of aliphatic carboxylic acids is 1. The molecule has 0 saturated heterocycles. The van der Waals surface area contributed by atoms with Crippen molar-refractivity contribution in [3.05, 3.63) is 59.7 Å². The van der Waals surface area contributed by atoms with E-state index in [0.29, 0.717) is 25.0 Å². The molecule has 3 N–H and O–H groups in total. The molecule has 0 spiro atoms. The van der Waals surface area contributed by atoms with Crippen LogP contribution >= 0.6 is 11.8 Å². The average Bonchev–Trinajstić information content (AvgIpc) is 3.16. The van der Waals surface area contributed by atoms with Gasteiger partial charge in [-0.2, -0.15) is 11.8 Å². The maximum Gasteiger partial charge on any atom is 0.407 e. The molecule has 0 aromatic heterocycles. The van der Waals surface area contributed by atoms with E-state index < -0.39 is 30.1 Å². The quantitative estimate of drug-likeness (QED) is 0.412. The number of fused-ring (bicyclic) bond motifs is 3. The first-order chi connectivity index (χ1) is 16.5. The van der Waals surface area contributed by atoms with Crippen LogP contribution in [0.4, 0.5) is 4.79 Å². The van der Waals surface area contributed by atoms with E-state index >= 15 is 0 Å². The van der Waals surface area contributed by atoms with Crippen LogP contribution in [0.3, 0.4) is 0 Å². The number of alkyl carbamates (subject to hydrolysis) is 1. The Kier molecular flexibility index (Phi) is 9.39. The highest BCUT2D eigenvalue weighted by Crippen LogP contribution is 2.44. The second kappa shape index (κ2) is 12.5. The number of nitrogens with one attached hydrogen (secondary N) is 2. The van der Waals surface area contributed by atoms with E-state index in [4.69, 9.17) is 4.74 Å². The highest BCUT2D eigenvalue weighted by atomic mass is 32.2. The van der Waals surface area contributed by atoms with Gasteiger partial charge in [0, 0.05) is 5.92 Å². The van der Waals surface area contributed by atoms with Crippen molar-refractivity contribution in [2.24, 2.45) is 0 Å². The zero-order valence-corrected chi connectivity index (χ0v) is 20.4. The minimum absolute atomic E-state index is 0.0796. The van der Waals surface area contributed by atoms with E-state index in [9.17, 15) is 19.5 Å². The highest BCUT2D eigenvalue weighted by molar-refractivity contribution is 7.98. The third-order valence-electron chi connectivity index (χ3n) is 6.02. The van der Waals surface area contributed by atoms with Crippen LogP contribution in [0.15, 0.2) is 48.5 Å². The van der Waals surface area contributed by atoms with Gasteiger partial charge in [-0.1, -0.05) is 68.3 Å². The zero-order valence-electron chi connectivity index (χ0n) is 19.6. The molecule has 7 nitrogen and oxygen atoms in total. The molecule has 0 heterocycles. The Morgan fingerprint density at radius 1 is 0.971 bits per heavy atom. The smallest absolute Gasteiger partial charge is 0.407 e. The fourth-order valence-corrected chi connectivity index (χ4v) is 4.70. The summed E-state index contributed by atoms with van der Waals surface area (Å²) in [6, 6.07) is 14.3. The molecule has 1 aliphatic rings. The van der Waals surface area contributed by atoms with Crippen molar-refractivity contribution >= 4 is 29.7 Å². The first kappa shape index (κ1) is 25.6. The second-order valence-corrected chi connectivity index (χ2v) is 9.33. The Balaban J connectivity index is 1.64. The van der Waals surface area contributed by atoms with Gasteiger partial charge < -0.3 is 20.5 Å². The van der Waals surface area contributed by atoms with E-state index in [2.05, 4.69) is 22.8 Å². The first-order valence-corrected chi connectivity index (χ1v) is 13.0. The molecule has 8 heteroatoms. The number of ether oxygens (including phenoxy) is 1. The number of thioether (sulfide) groups is 1. The fraction of sp³-hybridized carbons (Fsp3) is 0.423. The van der Waals surface area contributed by atoms with Crippen LogP contribution in [-0.2, 0) is 14.3 Å². The van der Waals surface area contributed by atoms with Gasteiger partial charge in [-0.3, -0.25) is 4.79 Å². The number of carboxylic acid groups (broad SMARTS) is 1. The monoisotopic (exact) mass is 484 g/mol. The molecule has 2 aromatic carbocycles. The lowest BCUT2D eigenvalue weighted by Gasteiger charge is -2.22. The van der Waals surface area contributed by atoms with Crippen molar-refractivity contribution in [3.8, 4) is 11.1 Å². The van der Waals surface area contributed by atoms with Crippen LogP contribution in [0.2, 0.25) is 0 Å². The SMILES string of the molecule is CCCC[C@H](NC(=O)OCC1c2ccccc2-c2ccccc21)C(=O)N[C@@H](CCSC)C(=O)O. The Morgan fingerprint density at radius 3 is 2.15 bits per heavy atom. The van der Waals surface area contributed by atoms with E-state index in [1.807, 2.05) is 49.6 Å². The Bertz CT molecular complexity index is 967. The molecule has 2 atom stereocenters. The minimum Gasteiger partial charge on any atom is -0.480 e. The predicted octanol–water partition coefficient (Wildman–Crippen LogP) is 4.41. The molecule has 3 rings (SSSR count). The van der Waals surface area contributed by atoms with Crippen LogP contribution < -0.4 is 10.6 Å². The summed E-state index contributed by atoms with van der Waals surface area (Å²) in [5.41, 5.74) is 4.49. The van der Waals surface area contributed by atoms with Gasteiger partial charge in [-0.25, -0.2) is 9.59 Å². The molecule has 0 aliphatic heterocycles. The molecule has 2 aromatic rings. The first-order valence-electron chi connectivity index (χ1n) is 11.6. The summed E-state index contributed by atoms with van der Waals surface area (Å²) in [5.74, 6) is -1.06. The number of hydrogen-bond donors (Lipinski definition) is 3. The lowest BCUT2D eigenvalue weighted by Crippen LogP contribution is -2.51. The number of amides is 2. The molecule has 34 heavy (non-hydrogen) atoms. The molecule has 0 fully saturated rings. The molecule has 182 valence electrons. The fourth-order valence-electron chi connectivity index (χ4n) is 4.22. The standard InChI is InChI=1S/C26H32N2O5S/c1-3-4-13-22(24(29)27-23(25(30)31)14-15-34-2)28-26(32)33-16-21-19-11-7-5-9-17(19)18-10-6-8-12-20(18)21/h5-12,21-23H,3-4,13-16H2,1-2H3,(H,27,29)(H,28,32)(H,30,31)/t22-,23-/m0/s1. The third-order valence-corrected chi connectivity index (χ3v) is 6.67. The molecule has 0 unspecified atom stereocenters. The number of rotatable bonds is 12. The predicted molar refractivity (Wildman–Crippen MR) is 134 cm³/mol. The number of carbonyl (C=O) groups is 3. The summed E-state index contributed by atoms with van der Waals surface area (Å²) in [5, 5.41) is 14.6. The van der Waals surface area contributed by atoms with Crippen LogP contribution in [0.1, 0.15) is 49.7 Å². The van der Waals surface area contributed by atoms with Crippen molar-refractivity contribution < 1.29 is 24.2 Å². The van der Waals surface area contributed by atoms with Crippen molar-refractivity contribution in [2.75, 3.05) is 18.6 Å². The van der Waals surface area contributed by atoms with E-state index in [-0.39, 0.29) is 12.5 Å². The van der Waals surface area contributed by atoms with E-state index in [1.54, 1.807) is 0 Å². The largest absolute Gasteiger partial charge is 0.480 e. The normalized spacial score (nSPS) is 13.9. The van der Waals surface area contributed by atoms with Gasteiger partial charge in [0.25, 0.3) is 0 Å². The molecule has 0 saturated carbocycles. The third kappa shape index (κ3) is 6.32. The molecular formula is C26H32N2O5S. The maximum absolute atomic E-state index is 12.8. The van der Waals surface area contributed by atoms with Crippen molar-refractivity contribution in [3.63, 3.8) is 0 Å². The second-order valence-electron chi connectivity index (χ2n) is 8.35. The Labute approximate surface area is 204 Å². The van der Waals surface area contributed by atoms with Gasteiger partial charge >= 0.3 is 12.1 Å². The zero-order chi connectivity index (χ0) is 24.5. The summed E-state index contributed by atoms with van der Waals surface area (Å²) in [6.07, 6.45) is 3.46. The molecule has 1 aliphatic carbocycles. The Hall–Kier alpha value is -3.00. The number of carbonyl (C=O) groups excluding carboxylic acids is 2. The topological polar surface area (TPSA) is 105 Å². The van der Waals surface area contributed by atoms with Crippen molar-refractivity contribution in [1.82, 2.24) is 10.6 Å². The number of hydrogen-bond acceptors (Lipinski definition) is 5. The number of carboxylic acids is 1. The number of benzene rings is 2. The van der Waals surface area contributed by atoms with Gasteiger partial charge in [0.05, 0.1) is 0 Å². The van der Waals surface area contributed by atoms with Crippen LogP contribution in [-0.4, -0.2) is 53.8 Å². The highest BCUT2D eigenvalue weighted by Gasteiger charge is 2.30. The molecular weight excluding hydrogens is 452 g/mol. The summed E-state index contributed by atoms with van der Waals surface area (Å²) < 4.78 is 5.57. The number of unbranched alkanes of at least 4 members (excludes halogenated alkanes) is 1. The summed E-state index contributed by atoms with van der Waals surface area (Å²) in [4.78, 5) is 37.0. The lowest BCUT2D eigenvalue weighted by molar-refractivity contribution is -0.142. The molecule has 0 radical (unpaired) electrons. The van der Waals surface area contributed by atoms with Crippen LogP contribution in [0, 0.1) is 0 Å². The van der Waals surface area contributed by atoms with Gasteiger partial charge in [-0.05, 0) is 47.1 Å². The molecule has 2 amide bonds. The Morgan fingerprint density at radius 2 is 1.59 bits per heavy atom. The van der Waals surface area contributed by atoms with E-state index in [1.165, 1.54) is 11.8 Å². The maximum atomic E-state index is 12.8. The van der Waals surface area contributed by atoms with Gasteiger partial charge in [0.2, 0.25) is 5.91 Å². The lowest BCUT2D eigenvalue weighted by atomic mass is 9.98. The summed E-state index contributed by atoms with van der Waals surface area (Å²) >= 11 is 1.51. The van der Waals surface area contributed by atoms with Crippen molar-refractivity contribution in [2.45, 2.75) is 50.6 Å². The van der Waals surface area contributed by atoms with Gasteiger partial charge in [0.15, 0.2) is 0 Å².